The summed E-state index contributed by atoms with van der Waals surface area (Å²) in [5.41, 5.74) is 4.38. The van der Waals surface area contributed by atoms with E-state index in [-0.39, 0.29) is 17.6 Å². The predicted molar refractivity (Wildman–Crippen MR) is 95.7 cm³/mol. The van der Waals surface area contributed by atoms with Crippen molar-refractivity contribution in [3.63, 3.8) is 0 Å². The molecular weight excluding hydrogens is 324 g/mol. The third kappa shape index (κ3) is 9.07. The fraction of sp³-hybridized carbons (Fsp3) is 0.765. The minimum absolute atomic E-state index is 0.106. The Hall–Kier alpha value is -2.12. The molecule has 0 aromatic heterocycles. The van der Waals surface area contributed by atoms with Crippen LogP contribution in [0.3, 0.4) is 0 Å². The van der Waals surface area contributed by atoms with Gasteiger partial charge in [0, 0.05) is 18.9 Å². The number of primary amides is 1. The van der Waals surface area contributed by atoms with Gasteiger partial charge in [0.05, 0.1) is 6.04 Å². The van der Waals surface area contributed by atoms with Gasteiger partial charge in [0.25, 0.3) is 0 Å². The van der Waals surface area contributed by atoms with Gasteiger partial charge in [-0.15, -0.1) is 0 Å². The molecule has 8 nitrogen and oxygen atoms in total. The summed E-state index contributed by atoms with van der Waals surface area (Å²) in [6.45, 7) is 10.6. The molecule has 25 heavy (non-hydrogen) atoms. The Kier molecular flexibility index (Phi) is 9.16. The number of carbonyl (C=O) groups excluding carboxylic acids is 4. The number of Topliss-reactive ketones (excluding diaryl/α,β-unsaturated/α-hetero) is 1. The topological polar surface area (TPSA) is 130 Å². The van der Waals surface area contributed by atoms with Crippen LogP contribution in [0.15, 0.2) is 0 Å². The molecule has 0 saturated heterocycles. The van der Waals surface area contributed by atoms with E-state index in [1.807, 2.05) is 13.8 Å². The number of rotatable bonds is 9. The highest BCUT2D eigenvalue weighted by Crippen LogP contribution is 2.19. The molecule has 5 N–H and O–H groups in total. The van der Waals surface area contributed by atoms with Crippen LogP contribution < -0.4 is 21.7 Å². The molecule has 0 aliphatic rings. The van der Waals surface area contributed by atoms with Gasteiger partial charge >= 0.3 is 6.03 Å². The molecule has 8 heteroatoms. The van der Waals surface area contributed by atoms with Crippen LogP contribution in [-0.4, -0.2) is 42.3 Å². The molecule has 0 spiro atoms. The first-order valence-corrected chi connectivity index (χ1v) is 8.51. The van der Waals surface area contributed by atoms with Crippen LogP contribution in [0.2, 0.25) is 0 Å². The lowest BCUT2D eigenvalue weighted by atomic mass is 9.84. The van der Waals surface area contributed by atoms with Gasteiger partial charge in [0.2, 0.25) is 11.8 Å². The van der Waals surface area contributed by atoms with E-state index in [1.165, 1.54) is 6.92 Å². The van der Waals surface area contributed by atoms with Crippen molar-refractivity contribution in [3.05, 3.63) is 0 Å². The predicted octanol–water partition coefficient (Wildman–Crippen LogP) is 0.696. The zero-order chi connectivity index (χ0) is 19.8. The SMILES string of the molecule is CC(=O)N[C@H](C(=O)N[C@@H](CCCNC(N)=O)C(=O)C(C)(C)C)C(C)C. The maximum Gasteiger partial charge on any atom is 0.312 e. The second-order valence-electron chi connectivity index (χ2n) is 7.53. The molecule has 0 radical (unpaired) electrons. The van der Waals surface area contributed by atoms with E-state index < -0.39 is 29.4 Å². The third-order valence-electron chi connectivity index (χ3n) is 3.65. The highest BCUT2D eigenvalue weighted by molar-refractivity contribution is 5.94. The van der Waals surface area contributed by atoms with E-state index in [9.17, 15) is 19.2 Å². The zero-order valence-corrected chi connectivity index (χ0v) is 16.1. The number of ketones is 1. The fourth-order valence-corrected chi connectivity index (χ4v) is 2.32. The Bertz CT molecular complexity index is 497. The first kappa shape index (κ1) is 22.9. The average Bonchev–Trinajstić information content (AvgIpc) is 2.45. The lowest BCUT2D eigenvalue weighted by Crippen LogP contribution is -2.54. The van der Waals surface area contributed by atoms with Gasteiger partial charge < -0.3 is 21.7 Å². The lowest BCUT2D eigenvalue weighted by Gasteiger charge is -2.28. The van der Waals surface area contributed by atoms with Crippen molar-refractivity contribution < 1.29 is 19.2 Å². The van der Waals surface area contributed by atoms with E-state index in [0.29, 0.717) is 19.4 Å². The summed E-state index contributed by atoms with van der Waals surface area (Å²) in [6.07, 6.45) is 0.856. The molecule has 0 rings (SSSR count). The number of carbonyl (C=O) groups is 4. The number of hydrogen-bond acceptors (Lipinski definition) is 4. The summed E-state index contributed by atoms with van der Waals surface area (Å²) in [5, 5.41) is 7.82. The van der Waals surface area contributed by atoms with Crippen molar-refractivity contribution >= 4 is 23.6 Å². The van der Waals surface area contributed by atoms with Crippen LogP contribution in [0, 0.1) is 11.3 Å². The molecule has 0 aliphatic carbocycles. The molecule has 144 valence electrons. The van der Waals surface area contributed by atoms with E-state index in [0.717, 1.165) is 0 Å². The Labute approximate surface area is 149 Å². The Balaban J connectivity index is 5.06. The molecule has 0 saturated carbocycles. The number of nitrogens with two attached hydrogens (primary N) is 1. The Morgan fingerprint density at radius 1 is 1.04 bits per heavy atom. The third-order valence-corrected chi connectivity index (χ3v) is 3.65. The molecule has 2 atom stereocenters. The quantitative estimate of drug-likeness (QED) is 0.453. The van der Waals surface area contributed by atoms with E-state index >= 15 is 0 Å². The first-order valence-electron chi connectivity index (χ1n) is 8.51. The number of nitrogens with one attached hydrogen (secondary N) is 3. The minimum Gasteiger partial charge on any atom is -0.352 e. The maximum atomic E-state index is 12.6. The van der Waals surface area contributed by atoms with Crippen molar-refractivity contribution in [3.8, 4) is 0 Å². The van der Waals surface area contributed by atoms with Gasteiger partial charge in [0.1, 0.15) is 6.04 Å². The summed E-state index contributed by atoms with van der Waals surface area (Å²) < 4.78 is 0. The smallest absolute Gasteiger partial charge is 0.312 e. The zero-order valence-electron chi connectivity index (χ0n) is 16.1. The van der Waals surface area contributed by atoms with Crippen LogP contribution in [0.1, 0.15) is 54.4 Å². The van der Waals surface area contributed by atoms with Gasteiger partial charge in [-0.1, -0.05) is 34.6 Å². The average molecular weight is 356 g/mol. The van der Waals surface area contributed by atoms with Crippen molar-refractivity contribution in [1.29, 1.82) is 0 Å². The number of amides is 4. The van der Waals surface area contributed by atoms with Crippen molar-refractivity contribution in [1.82, 2.24) is 16.0 Å². The van der Waals surface area contributed by atoms with Crippen molar-refractivity contribution in [2.45, 2.75) is 66.5 Å². The number of urea groups is 1. The van der Waals surface area contributed by atoms with Crippen LogP contribution in [0.25, 0.3) is 0 Å². The molecule has 0 unspecified atom stereocenters. The summed E-state index contributed by atoms with van der Waals surface area (Å²) in [4.78, 5) is 47.2. The second-order valence-corrected chi connectivity index (χ2v) is 7.53. The molecule has 0 aromatic rings. The van der Waals surface area contributed by atoms with Gasteiger partial charge in [0.15, 0.2) is 5.78 Å². The summed E-state index contributed by atoms with van der Waals surface area (Å²) in [7, 11) is 0. The van der Waals surface area contributed by atoms with E-state index in [4.69, 9.17) is 5.73 Å². The van der Waals surface area contributed by atoms with Crippen LogP contribution in [0.4, 0.5) is 4.79 Å². The summed E-state index contributed by atoms with van der Waals surface area (Å²) in [5.74, 6) is -0.926. The van der Waals surface area contributed by atoms with Crippen molar-refractivity contribution in [2.75, 3.05) is 6.54 Å². The maximum absolute atomic E-state index is 12.6. The lowest BCUT2D eigenvalue weighted by molar-refractivity contribution is -0.134. The van der Waals surface area contributed by atoms with Crippen LogP contribution in [0.5, 0.6) is 0 Å². The van der Waals surface area contributed by atoms with E-state index in [1.54, 1.807) is 20.8 Å². The summed E-state index contributed by atoms with van der Waals surface area (Å²) >= 11 is 0. The fourth-order valence-electron chi connectivity index (χ4n) is 2.32. The molecule has 0 aliphatic heterocycles. The summed E-state index contributed by atoms with van der Waals surface area (Å²) in [6, 6.07) is -2.04. The van der Waals surface area contributed by atoms with Crippen LogP contribution >= 0.6 is 0 Å². The minimum atomic E-state index is -0.712. The normalized spacial score (nSPS) is 13.7. The Morgan fingerprint density at radius 2 is 1.60 bits per heavy atom. The second kappa shape index (κ2) is 10.0. The first-order chi connectivity index (χ1) is 11.4. The standard InChI is InChI=1S/C17H32N4O4/c1-10(2)13(20-11(3)22)15(24)21-12(14(23)17(4,5)6)8-7-9-19-16(18)25/h10,12-13H,7-9H2,1-6H3,(H,20,22)(H,21,24)(H3,18,19,25)/t12-,13-/m0/s1. The highest BCUT2D eigenvalue weighted by Gasteiger charge is 2.33. The highest BCUT2D eigenvalue weighted by atomic mass is 16.2. The molecule has 0 fully saturated rings. The van der Waals surface area contributed by atoms with E-state index in [2.05, 4.69) is 16.0 Å². The Morgan fingerprint density at radius 3 is 2.00 bits per heavy atom. The van der Waals surface area contributed by atoms with Gasteiger partial charge in [-0.3, -0.25) is 14.4 Å². The van der Waals surface area contributed by atoms with Gasteiger partial charge in [-0.05, 0) is 18.8 Å². The molecule has 0 heterocycles. The van der Waals surface area contributed by atoms with Gasteiger partial charge in [-0.25, -0.2) is 4.79 Å². The largest absolute Gasteiger partial charge is 0.352 e. The molecular formula is C17H32N4O4. The molecule has 0 bridgehead atoms. The number of hydrogen-bond donors (Lipinski definition) is 4. The van der Waals surface area contributed by atoms with Crippen molar-refractivity contribution in [2.24, 2.45) is 17.1 Å². The molecule has 0 aromatic carbocycles. The van der Waals surface area contributed by atoms with Gasteiger partial charge in [-0.2, -0.15) is 0 Å². The molecule has 4 amide bonds. The van der Waals surface area contributed by atoms with Crippen LogP contribution in [-0.2, 0) is 14.4 Å². The monoisotopic (exact) mass is 356 g/mol.